The van der Waals surface area contributed by atoms with E-state index in [2.05, 4.69) is 10.6 Å². The van der Waals surface area contributed by atoms with Gasteiger partial charge in [-0.2, -0.15) is 0 Å². The van der Waals surface area contributed by atoms with Gasteiger partial charge in [-0.15, -0.1) is 0 Å². The average molecular weight is 408 g/mol. The fraction of sp³-hybridized carbons (Fsp3) is 0.261. The smallest absolute Gasteiger partial charge is 0.336 e. The number of carbonyl (C=O) groups excluding carboxylic acids is 2. The zero-order valence-electron chi connectivity index (χ0n) is 17.1. The molecule has 3 rings (SSSR count). The fourth-order valence-electron chi connectivity index (χ4n) is 3.02. The first-order chi connectivity index (χ1) is 14.3. The molecule has 30 heavy (non-hydrogen) atoms. The van der Waals surface area contributed by atoms with Gasteiger partial charge >= 0.3 is 17.6 Å². The second kappa shape index (κ2) is 9.26. The summed E-state index contributed by atoms with van der Waals surface area (Å²) in [6.45, 7) is 5.41. The minimum Gasteiger partial charge on any atom is -0.459 e. The van der Waals surface area contributed by atoms with E-state index in [4.69, 9.17) is 9.15 Å². The van der Waals surface area contributed by atoms with Gasteiger partial charge in [0.1, 0.15) is 18.2 Å². The standard InChI is InChI=1S/C23H24N2O5/c1-14(2)21(25-23(28)24-17-7-5-4-6-8-17)22(27)29-13-16-12-20(26)30-19-11-15(3)9-10-18(16)19/h4-12,14,21H,13H2,1-3H3,(H2,24,25,28). The first-order valence-electron chi connectivity index (χ1n) is 9.66. The van der Waals surface area contributed by atoms with Crippen LogP contribution in [0.3, 0.4) is 0 Å². The Hall–Kier alpha value is -3.61. The third-order valence-corrected chi connectivity index (χ3v) is 4.59. The van der Waals surface area contributed by atoms with Gasteiger partial charge in [0.25, 0.3) is 0 Å². The third kappa shape index (κ3) is 5.26. The van der Waals surface area contributed by atoms with Crippen molar-refractivity contribution < 1.29 is 18.7 Å². The maximum atomic E-state index is 12.7. The monoisotopic (exact) mass is 408 g/mol. The van der Waals surface area contributed by atoms with Gasteiger partial charge < -0.3 is 19.8 Å². The van der Waals surface area contributed by atoms with Crippen molar-refractivity contribution in [1.82, 2.24) is 5.32 Å². The molecular weight excluding hydrogens is 384 g/mol. The summed E-state index contributed by atoms with van der Waals surface area (Å²) in [5.74, 6) is -0.777. The van der Waals surface area contributed by atoms with E-state index >= 15 is 0 Å². The van der Waals surface area contributed by atoms with Gasteiger partial charge in [0.2, 0.25) is 0 Å². The molecule has 7 nitrogen and oxygen atoms in total. The van der Waals surface area contributed by atoms with E-state index in [9.17, 15) is 14.4 Å². The maximum Gasteiger partial charge on any atom is 0.336 e. The molecule has 3 aromatic rings. The zero-order valence-corrected chi connectivity index (χ0v) is 17.1. The number of hydrogen-bond donors (Lipinski definition) is 2. The summed E-state index contributed by atoms with van der Waals surface area (Å²) in [5, 5.41) is 6.03. The number of amides is 2. The highest BCUT2D eigenvalue weighted by Crippen LogP contribution is 2.19. The van der Waals surface area contributed by atoms with Crippen LogP contribution in [0.5, 0.6) is 0 Å². The number of hydrogen-bond acceptors (Lipinski definition) is 5. The maximum absolute atomic E-state index is 12.7. The number of aryl methyl sites for hydroxylation is 1. The van der Waals surface area contributed by atoms with Gasteiger partial charge in [-0.05, 0) is 36.6 Å². The summed E-state index contributed by atoms with van der Waals surface area (Å²) < 4.78 is 10.7. The molecule has 0 saturated heterocycles. The number of benzene rings is 2. The van der Waals surface area contributed by atoms with Crippen LogP contribution in [0.1, 0.15) is 25.0 Å². The molecule has 0 aliphatic carbocycles. The second-order valence-corrected chi connectivity index (χ2v) is 7.38. The summed E-state index contributed by atoms with van der Waals surface area (Å²) in [6.07, 6.45) is 0. The van der Waals surface area contributed by atoms with Crippen molar-refractivity contribution in [3.8, 4) is 0 Å². The molecule has 0 aliphatic heterocycles. The van der Waals surface area contributed by atoms with Crippen molar-refractivity contribution in [2.24, 2.45) is 5.92 Å². The van der Waals surface area contributed by atoms with Crippen molar-refractivity contribution in [2.75, 3.05) is 5.32 Å². The predicted octanol–water partition coefficient (Wildman–Crippen LogP) is 3.99. The van der Waals surface area contributed by atoms with Crippen LogP contribution in [-0.2, 0) is 16.1 Å². The lowest BCUT2D eigenvalue weighted by Crippen LogP contribution is -2.47. The van der Waals surface area contributed by atoms with E-state index in [1.165, 1.54) is 6.07 Å². The minimum atomic E-state index is -0.845. The quantitative estimate of drug-likeness (QED) is 0.475. The molecule has 0 aliphatic rings. The van der Waals surface area contributed by atoms with Crippen LogP contribution in [0, 0.1) is 12.8 Å². The molecule has 1 aromatic heterocycles. The normalized spacial score (nSPS) is 11.9. The number of carbonyl (C=O) groups is 2. The van der Waals surface area contributed by atoms with Crippen molar-refractivity contribution in [3.63, 3.8) is 0 Å². The molecule has 1 heterocycles. The molecule has 0 bridgehead atoms. The first kappa shape index (κ1) is 21.1. The highest BCUT2D eigenvalue weighted by Gasteiger charge is 2.26. The topological polar surface area (TPSA) is 97.6 Å². The van der Waals surface area contributed by atoms with Gasteiger partial charge in [-0.3, -0.25) is 0 Å². The number of rotatable bonds is 6. The van der Waals surface area contributed by atoms with Crippen LogP contribution in [0.2, 0.25) is 0 Å². The van der Waals surface area contributed by atoms with Crippen molar-refractivity contribution in [3.05, 3.63) is 76.1 Å². The number of esters is 1. The number of nitrogens with one attached hydrogen (secondary N) is 2. The van der Waals surface area contributed by atoms with Crippen LogP contribution in [-0.4, -0.2) is 18.0 Å². The number of ether oxygens (including phenoxy) is 1. The van der Waals surface area contributed by atoms with E-state index in [1.54, 1.807) is 30.3 Å². The summed E-state index contributed by atoms with van der Waals surface area (Å²) in [6, 6.07) is 14.4. The Bertz CT molecular complexity index is 1110. The Kier molecular flexibility index (Phi) is 6.51. The highest BCUT2D eigenvalue weighted by molar-refractivity contribution is 5.92. The number of para-hydroxylation sites is 1. The number of urea groups is 1. The molecule has 7 heteroatoms. The molecule has 1 unspecified atom stereocenters. The third-order valence-electron chi connectivity index (χ3n) is 4.59. The largest absolute Gasteiger partial charge is 0.459 e. The Labute approximate surface area is 174 Å². The van der Waals surface area contributed by atoms with Crippen molar-refractivity contribution in [2.45, 2.75) is 33.4 Å². The van der Waals surface area contributed by atoms with Crippen molar-refractivity contribution >= 4 is 28.7 Å². The molecule has 0 spiro atoms. The zero-order chi connectivity index (χ0) is 21.7. The Balaban J connectivity index is 1.69. The fourth-order valence-corrected chi connectivity index (χ4v) is 3.02. The van der Waals surface area contributed by atoms with Gasteiger partial charge in [-0.1, -0.05) is 44.2 Å². The van der Waals surface area contributed by atoms with Crippen molar-refractivity contribution in [1.29, 1.82) is 0 Å². The van der Waals surface area contributed by atoms with Crippen LogP contribution >= 0.6 is 0 Å². The molecular formula is C23H24N2O5. The van der Waals surface area contributed by atoms with E-state index in [0.717, 1.165) is 5.56 Å². The Morgan fingerprint density at radius 2 is 1.80 bits per heavy atom. The minimum absolute atomic E-state index is 0.102. The SMILES string of the molecule is Cc1ccc2c(COC(=O)C(NC(=O)Nc3ccccc3)C(C)C)cc(=O)oc2c1. The molecule has 2 N–H and O–H groups in total. The van der Waals surface area contributed by atoms with E-state index < -0.39 is 23.7 Å². The molecule has 0 radical (unpaired) electrons. The van der Waals surface area contributed by atoms with Gasteiger partial charge in [0.05, 0.1) is 0 Å². The number of anilines is 1. The molecule has 1 atom stereocenters. The van der Waals surface area contributed by atoms with Gasteiger partial charge in [0.15, 0.2) is 0 Å². The highest BCUT2D eigenvalue weighted by atomic mass is 16.5. The molecule has 156 valence electrons. The van der Waals surface area contributed by atoms with E-state index in [0.29, 0.717) is 22.2 Å². The second-order valence-electron chi connectivity index (χ2n) is 7.38. The summed E-state index contributed by atoms with van der Waals surface area (Å²) >= 11 is 0. The molecule has 2 aromatic carbocycles. The molecule has 2 amide bonds. The van der Waals surface area contributed by atoms with E-state index in [1.807, 2.05) is 39.0 Å². The predicted molar refractivity (Wildman–Crippen MR) is 114 cm³/mol. The molecule has 0 saturated carbocycles. The van der Waals surface area contributed by atoms with Gasteiger partial charge in [-0.25, -0.2) is 14.4 Å². The Morgan fingerprint density at radius 1 is 1.07 bits per heavy atom. The number of fused-ring (bicyclic) bond motifs is 1. The Morgan fingerprint density at radius 3 is 2.50 bits per heavy atom. The van der Waals surface area contributed by atoms with Crippen LogP contribution in [0.15, 0.2) is 63.8 Å². The molecule has 0 fully saturated rings. The van der Waals surface area contributed by atoms with Crippen LogP contribution in [0.25, 0.3) is 11.0 Å². The lowest BCUT2D eigenvalue weighted by atomic mass is 10.0. The van der Waals surface area contributed by atoms with Gasteiger partial charge in [0, 0.05) is 22.7 Å². The first-order valence-corrected chi connectivity index (χ1v) is 9.66. The lowest BCUT2D eigenvalue weighted by Gasteiger charge is -2.21. The lowest BCUT2D eigenvalue weighted by molar-refractivity contribution is -0.148. The van der Waals surface area contributed by atoms with E-state index in [-0.39, 0.29) is 12.5 Å². The van der Waals surface area contributed by atoms with Crippen LogP contribution < -0.4 is 16.3 Å². The summed E-state index contributed by atoms with van der Waals surface area (Å²) in [4.78, 5) is 36.8. The summed E-state index contributed by atoms with van der Waals surface area (Å²) in [5.41, 5.74) is 2.04. The summed E-state index contributed by atoms with van der Waals surface area (Å²) in [7, 11) is 0. The van der Waals surface area contributed by atoms with Crippen LogP contribution in [0.4, 0.5) is 10.5 Å². The average Bonchev–Trinajstić information content (AvgIpc) is 2.70.